The van der Waals surface area contributed by atoms with Crippen molar-refractivity contribution in [2.24, 2.45) is 0 Å². The second kappa shape index (κ2) is 3.92. The fourth-order valence-electron chi connectivity index (χ4n) is 1.49. The monoisotopic (exact) mass is 255 g/mol. The molecule has 1 aromatic carbocycles. The van der Waals surface area contributed by atoms with Gasteiger partial charge < -0.3 is 5.11 Å². The van der Waals surface area contributed by atoms with Crippen LogP contribution in [0.4, 0.5) is 0 Å². The summed E-state index contributed by atoms with van der Waals surface area (Å²) < 4.78 is 0. The van der Waals surface area contributed by atoms with E-state index in [1.807, 2.05) is 0 Å². The summed E-state index contributed by atoms with van der Waals surface area (Å²) in [5, 5.41) is 10.4. The van der Waals surface area contributed by atoms with Gasteiger partial charge in [-0.3, -0.25) is 4.98 Å². The highest BCUT2D eigenvalue weighted by Gasteiger charge is 2.15. The van der Waals surface area contributed by atoms with Crippen molar-refractivity contribution in [2.45, 2.75) is 6.92 Å². The molecule has 0 amide bonds. The number of nitrogens with zero attached hydrogens (tertiary/aromatic N) is 1. The van der Waals surface area contributed by atoms with Gasteiger partial charge in [-0.1, -0.05) is 29.3 Å². The summed E-state index contributed by atoms with van der Waals surface area (Å²) in [6.45, 7) is 1.72. The standard InChI is InChI=1S/C11H7Cl2NO2/c1-5-8(13)4-6-2-3-7(12)9(11(15)16)10(6)14-5/h2-4H,1H3,(H,15,16). The molecule has 0 aliphatic heterocycles. The minimum atomic E-state index is -1.09. The number of aryl methyl sites for hydroxylation is 1. The van der Waals surface area contributed by atoms with Gasteiger partial charge in [-0.15, -0.1) is 0 Å². The number of benzene rings is 1. The number of halogens is 2. The Bertz CT molecular complexity index is 596. The highest BCUT2D eigenvalue weighted by Crippen LogP contribution is 2.27. The number of rotatable bonds is 1. The minimum absolute atomic E-state index is 0.0129. The summed E-state index contributed by atoms with van der Waals surface area (Å²) in [7, 11) is 0. The first kappa shape index (κ1) is 11.2. The maximum absolute atomic E-state index is 11.1. The summed E-state index contributed by atoms with van der Waals surface area (Å²) in [6, 6.07) is 4.91. The predicted molar refractivity (Wildman–Crippen MR) is 63.5 cm³/mol. The van der Waals surface area contributed by atoms with Gasteiger partial charge in [0.15, 0.2) is 0 Å². The van der Waals surface area contributed by atoms with Crippen LogP contribution in [0, 0.1) is 6.92 Å². The zero-order valence-corrected chi connectivity index (χ0v) is 9.80. The molecule has 0 radical (unpaired) electrons. The van der Waals surface area contributed by atoms with E-state index in [4.69, 9.17) is 28.3 Å². The SMILES string of the molecule is Cc1nc2c(C(=O)O)c(Cl)ccc2cc1Cl. The first-order chi connectivity index (χ1) is 7.50. The van der Waals surface area contributed by atoms with Crippen LogP contribution in [-0.2, 0) is 0 Å². The number of aromatic nitrogens is 1. The van der Waals surface area contributed by atoms with Gasteiger partial charge in [0.2, 0.25) is 0 Å². The molecule has 16 heavy (non-hydrogen) atoms. The molecule has 0 unspecified atom stereocenters. The van der Waals surface area contributed by atoms with Gasteiger partial charge in [0.1, 0.15) is 5.56 Å². The summed E-state index contributed by atoms with van der Waals surface area (Å²) in [5.41, 5.74) is 0.958. The zero-order chi connectivity index (χ0) is 11.9. The largest absolute Gasteiger partial charge is 0.478 e. The fraction of sp³-hybridized carbons (Fsp3) is 0.0909. The summed E-state index contributed by atoms with van der Waals surface area (Å²) in [5.74, 6) is -1.09. The van der Waals surface area contributed by atoms with E-state index in [0.717, 1.165) is 0 Å². The van der Waals surface area contributed by atoms with Gasteiger partial charge in [0.25, 0.3) is 0 Å². The average Bonchev–Trinajstić information content (AvgIpc) is 2.20. The van der Waals surface area contributed by atoms with E-state index in [9.17, 15) is 4.79 Å². The van der Waals surface area contributed by atoms with Crippen molar-refractivity contribution in [1.29, 1.82) is 0 Å². The third-order valence-electron chi connectivity index (χ3n) is 2.28. The zero-order valence-electron chi connectivity index (χ0n) is 8.29. The summed E-state index contributed by atoms with van der Waals surface area (Å²) >= 11 is 11.8. The van der Waals surface area contributed by atoms with Gasteiger partial charge in [-0.25, -0.2) is 4.79 Å². The van der Waals surface area contributed by atoms with Crippen molar-refractivity contribution >= 4 is 40.1 Å². The maximum Gasteiger partial charge on any atom is 0.339 e. The number of carboxylic acids is 1. The molecule has 0 spiro atoms. The van der Waals surface area contributed by atoms with Crippen LogP contribution in [0.25, 0.3) is 10.9 Å². The van der Waals surface area contributed by atoms with Gasteiger partial charge in [-0.2, -0.15) is 0 Å². The van der Waals surface area contributed by atoms with Gasteiger partial charge in [0.05, 0.1) is 21.3 Å². The molecule has 5 heteroatoms. The van der Waals surface area contributed by atoms with Crippen molar-refractivity contribution in [3.05, 3.63) is 39.5 Å². The summed E-state index contributed by atoms with van der Waals surface area (Å²) in [4.78, 5) is 15.2. The van der Waals surface area contributed by atoms with Gasteiger partial charge in [0, 0.05) is 5.39 Å². The molecule has 0 bridgehead atoms. The molecule has 0 saturated carbocycles. The number of carboxylic acid groups (broad SMARTS) is 1. The molecule has 0 fully saturated rings. The highest BCUT2D eigenvalue weighted by molar-refractivity contribution is 6.35. The van der Waals surface area contributed by atoms with E-state index in [1.54, 1.807) is 19.1 Å². The van der Waals surface area contributed by atoms with Crippen molar-refractivity contribution in [1.82, 2.24) is 4.98 Å². The van der Waals surface area contributed by atoms with Gasteiger partial charge >= 0.3 is 5.97 Å². The Kier molecular flexibility index (Phi) is 2.74. The number of carbonyl (C=O) groups is 1. The van der Waals surface area contributed by atoms with E-state index >= 15 is 0 Å². The summed E-state index contributed by atoms with van der Waals surface area (Å²) in [6.07, 6.45) is 0. The van der Waals surface area contributed by atoms with E-state index in [0.29, 0.717) is 21.6 Å². The number of aromatic carboxylic acids is 1. The minimum Gasteiger partial charge on any atom is -0.478 e. The number of hydrogen-bond acceptors (Lipinski definition) is 2. The quantitative estimate of drug-likeness (QED) is 0.848. The lowest BCUT2D eigenvalue weighted by Crippen LogP contribution is -2.01. The van der Waals surface area contributed by atoms with E-state index in [-0.39, 0.29) is 10.6 Å². The highest BCUT2D eigenvalue weighted by atomic mass is 35.5. The average molecular weight is 256 g/mol. The Morgan fingerprint density at radius 2 is 2.00 bits per heavy atom. The normalized spacial score (nSPS) is 10.7. The predicted octanol–water partition coefficient (Wildman–Crippen LogP) is 3.55. The first-order valence-electron chi connectivity index (χ1n) is 4.49. The molecule has 1 N–H and O–H groups in total. The van der Waals surface area contributed by atoms with Crippen LogP contribution in [0.1, 0.15) is 16.1 Å². The third kappa shape index (κ3) is 1.72. The number of fused-ring (bicyclic) bond motifs is 1. The number of pyridine rings is 1. The Labute approximate surface area is 102 Å². The van der Waals surface area contributed by atoms with Crippen molar-refractivity contribution in [3.8, 4) is 0 Å². The van der Waals surface area contributed by atoms with Crippen LogP contribution in [0.2, 0.25) is 10.0 Å². The van der Waals surface area contributed by atoms with Crippen molar-refractivity contribution < 1.29 is 9.90 Å². The number of hydrogen-bond donors (Lipinski definition) is 1. The second-order valence-corrected chi connectivity index (χ2v) is 4.17. The van der Waals surface area contributed by atoms with Crippen LogP contribution in [-0.4, -0.2) is 16.1 Å². The van der Waals surface area contributed by atoms with Crippen molar-refractivity contribution in [2.75, 3.05) is 0 Å². The molecule has 1 aromatic heterocycles. The lowest BCUT2D eigenvalue weighted by molar-refractivity contribution is 0.0699. The molecular formula is C11H7Cl2NO2. The van der Waals surface area contributed by atoms with E-state index in [2.05, 4.69) is 4.98 Å². The van der Waals surface area contributed by atoms with Crippen LogP contribution >= 0.6 is 23.2 Å². The lowest BCUT2D eigenvalue weighted by atomic mass is 10.1. The molecule has 0 saturated heterocycles. The molecule has 0 aliphatic carbocycles. The van der Waals surface area contributed by atoms with Crippen LogP contribution in [0.15, 0.2) is 18.2 Å². The van der Waals surface area contributed by atoms with E-state index < -0.39 is 5.97 Å². The van der Waals surface area contributed by atoms with Gasteiger partial charge in [-0.05, 0) is 19.1 Å². The molecule has 0 aliphatic rings. The smallest absolute Gasteiger partial charge is 0.339 e. The topological polar surface area (TPSA) is 50.2 Å². The molecule has 0 atom stereocenters. The first-order valence-corrected chi connectivity index (χ1v) is 5.25. The lowest BCUT2D eigenvalue weighted by Gasteiger charge is -2.06. The second-order valence-electron chi connectivity index (χ2n) is 3.35. The van der Waals surface area contributed by atoms with E-state index in [1.165, 1.54) is 6.07 Å². The van der Waals surface area contributed by atoms with Crippen LogP contribution in [0.3, 0.4) is 0 Å². The Hall–Kier alpha value is -1.32. The molecular weight excluding hydrogens is 249 g/mol. The Morgan fingerprint density at radius 3 is 2.62 bits per heavy atom. The Balaban J connectivity index is 2.92. The maximum atomic E-state index is 11.1. The molecule has 2 rings (SSSR count). The third-order valence-corrected chi connectivity index (χ3v) is 2.98. The molecule has 2 aromatic rings. The van der Waals surface area contributed by atoms with Crippen molar-refractivity contribution in [3.63, 3.8) is 0 Å². The van der Waals surface area contributed by atoms with Crippen LogP contribution in [0.5, 0.6) is 0 Å². The fourth-order valence-corrected chi connectivity index (χ4v) is 1.88. The Morgan fingerprint density at radius 1 is 1.31 bits per heavy atom. The molecule has 1 heterocycles. The van der Waals surface area contributed by atoms with Crippen LogP contribution < -0.4 is 0 Å². The molecule has 82 valence electrons. The molecule has 3 nitrogen and oxygen atoms in total.